The standard InChI is InChI=1S/C26H26FN3O3/c1-16-12-13-23(19-9-4-3-8-18(16)19)29-25(32)24(31)28-22-11-5-10-21(27)20(22)15-30-14-6-7-17(2)26(30)33/h3-11,14,16,23H,12-13,15H2,1-2H3,(H,28,31)(H,29,32). The molecule has 2 atom stereocenters. The van der Waals surface area contributed by atoms with Gasteiger partial charge in [-0.3, -0.25) is 14.4 Å². The van der Waals surface area contributed by atoms with E-state index in [1.807, 2.05) is 24.3 Å². The van der Waals surface area contributed by atoms with E-state index in [4.69, 9.17) is 0 Å². The normalized spacial score (nSPS) is 17.2. The van der Waals surface area contributed by atoms with Crippen LogP contribution in [0.25, 0.3) is 0 Å². The summed E-state index contributed by atoms with van der Waals surface area (Å²) in [5.41, 5.74) is 2.75. The first-order valence-electron chi connectivity index (χ1n) is 11.0. The van der Waals surface area contributed by atoms with Gasteiger partial charge in [0.2, 0.25) is 0 Å². The van der Waals surface area contributed by atoms with Crippen molar-refractivity contribution in [2.24, 2.45) is 0 Å². The van der Waals surface area contributed by atoms with E-state index in [0.717, 1.165) is 18.4 Å². The first-order chi connectivity index (χ1) is 15.8. The molecule has 6 nitrogen and oxygen atoms in total. The average molecular weight is 448 g/mol. The highest BCUT2D eigenvalue weighted by molar-refractivity contribution is 6.39. The lowest BCUT2D eigenvalue weighted by Gasteiger charge is -2.30. The number of benzene rings is 2. The summed E-state index contributed by atoms with van der Waals surface area (Å²) in [6.07, 6.45) is 3.20. The Labute approximate surface area is 191 Å². The number of hydrogen-bond acceptors (Lipinski definition) is 3. The Bertz CT molecular complexity index is 1270. The molecule has 0 saturated heterocycles. The van der Waals surface area contributed by atoms with Crippen LogP contribution in [0.3, 0.4) is 0 Å². The molecule has 1 aliphatic carbocycles. The number of anilines is 1. The fourth-order valence-electron chi connectivity index (χ4n) is 4.35. The number of hydrogen-bond donors (Lipinski definition) is 2. The second-order valence-electron chi connectivity index (χ2n) is 8.48. The third-order valence-electron chi connectivity index (χ3n) is 6.21. The molecule has 2 N–H and O–H groups in total. The molecule has 1 heterocycles. The highest BCUT2D eigenvalue weighted by atomic mass is 19.1. The van der Waals surface area contributed by atoms with Gasteiger partial charge >= 0.3 is 11.8 Å². The number of nitrogens with zero attached hydrogens (tertiary/aromatic N) is 1. The number of pyridine rings is 1. The quantitative estimate of drug-likeness (QED) is 0.593. The van der Waals surface area contributed by atoms with Gasteiger partial charge in [0.1, 0.15) is 5.82 Å². The summed E-state index contributed by atoms with van der Waals surface area (Å²) in [4.78, 5) is 37.7. The number of aromatic nitrogens is 1. The van der Waals surface area contributed by atoms with Crippen LogP contribution in [0, 0.1) is 12.7 Å². The molecular weight excluding hydrogens is 421 g/mol. The van der Waals surface area contributed by atoms with Crippen molar-refractivity contribution in [3.8, 4) is 0 Å². The number of nitrogens with one attached hydrogen (secondary N) is 2. The van der Waals surface area contributed by atoms with Crippen molar-refractivity contribution in [1.82, 2.24) is 9.88 Å². The van der Waals surface area contributed by atoms with Crippen LogP contribution in [0.5, 0.6) is 0 Å². The summed E-state index contributed by atoms with van der Waals surface area (Å²) in [6, 6.07) is 15.2. The zero-order valence-corrected chi connectivity index (χ0v) is 18.6. The molecule has 0 saturated carbocycles. The SMILES string of the molecule is Cc1cccn(Cc2c(F)cccc2NC(=O)C(=O)NC2CCC(C)c3ccccc32)c1=O. The molecule has 2 amide bonds. The Morgan fingerprint density at radius 3 is 2.55 bits per heavy atom. The van der Waals surface area contributed by atoms with Gasteiger partial charge in [0.05, 0.1) is 12.6 Å². The maximum Gasteiger partial charge on any atom is 0.313 e. The van der Waals surface area contributed by atoms with Crippen LogP contribution in [-0.4, -0.2) is 16.4 Å². The van der Waals surface area contributed by atoms with Gasteiger partial charge in [0, 0.05) is 23.0 Å². The number of aryl methyl sites for hydroxylation is 1. The fourth-order valence-corrected chi connectivity index (χ4v) is 4.35. The van der Waals surface area contributed by atoms with Gasteiger partial charge in [-0.25, -0.2) is 4.39 Å². The Hall–Kier alpha value is -3.74. The first-order valence-corrected chi connectivity index (χ1v) is 11.0. The highest BCUT2D eigenvalue weighted by Gasteiger charge is 2.27. The van der Waals surface area contributed by atoms with Gasteiger partial charge in [-0.1, -0.05) is 43.3 Å². The molecule has 2 aromatic carbocycles. The Balaban J connectivity index is 1.52. The maximum atomic E-state index is 14.6. The lowest BCUT2D eigenvalue weighted by Crippen LogP contribution is -2.39. The lowest BCUT2D eigenvalue weighted by molar-refractivity contribution is -0.136. The number of rotatable bonds is 4. The summed E-state index contributed by atoms with van der Waals surface area (Å²) >= 11 is 0. The van der Waals surface area contributed by atoms with Gasteiger partial charge in [0.25, 0.3) is 5.56 Å². The van der Waals surface area contributed by atoms with E-state index >= 15 is 0 Å². The van der Waals surface area contributed by atoms with E-state index in [1.165, 1.54) is 28.3 Å². The van der Waals surface area contributed by atoms with Gasteiger partial charge < -0.3 is 15.2 Å². The molecule has 7 heteroatoms. The van der Waals surface area contributed by atoms with Crippen LogP contribution in [0.4, 0.5) is 10.1 Å². The monoisotopic (exact) mass is 447 g/mol. The van der Waals surface area contributed by atoms with Crippen LogP contribution in [0.15, 0.2) is 65.6 Å². The van der Waals surface area contributed by atoms with E-state index in [-0.39, 0.29) is 29.4 Å². The summed E-state index contributed by atoms with van der Waals surface area (Å²) in [6.45, 7) is 3.75. The van der Waals surface area contributed by atoms with Gasteiger partial charge in [-0.05, 0) is 55.0 Å². The Kier molecular flexibility index (Phi) is 6.40. The zero-order chi connectivity index (χ0) is 23.5. The van der Waals surface area contributed by atoms with Crippen molar-refractivity contribution in [3.05, 3.63) is 99.2 Å². The third kappa shape index (κ3) is 4.72. The fraction of sp³-hybridized carbons (Fsp3) is 0.269. The molecule has 4 rings (SSSR count). The largest absolute Gasteiger partial charge is 0.341 e. The van der Waals surface area contributed by atoms with Gasteiger partial charge in [-0.2, -0.15) is 0 Å². The zero-order valence-electron chi connectivity index (χ0n) is 18.6. The maximum absolute atomic E-state index is 14.6. The lowest BCUT2D eigenvalue weighted by atomic mass is 9.81. The van der Waals surface area contributed by atoms with Crippen LogP contribution in [-0.2, 0) is 16.1 Å². The van der Waals surface area contributed by atoms with Crippen LogP contribution in [0.2, 0.25) is 0 Å². The van der Waals surface area contributed by atoms with Crippen molar-refractivity contribution in [2.75, 3.05) is 5.32 Å². The van der Waals surface area contributed by atoms with Crippen molar-refractivity contribution < 1.29 is 14.0 Å². The molecule has 33 heavy (non-hydrogen) atoms. The van der Waals surface area contributed by atoms with Crippen molar-refractivity contribution in [3.63, 3.8) is 0 Å². The Morgan fingerprint density at radius 2 is 1.76 bits per heavy atom. The summed E-state index contributed by atoms with van der Waals surface area (Å²) < 4.78 is 16.0. The van der Waals surface area contributed by atoms with Gasteiger partial charge in [0.15, 0.2) is 0 Å². The molecule has 0 bridgehead atoms. The molecule has 0 radical (unpaired) electrons. The van der Waals surface area contributed by atoms with E-state index < -0.39 is 17.6 Å². The second kappa shape index (κ2) is 9.40. The molecular formula is C26H26FN3O3. The number of carbonyl (C=O) groups is 2. The predicted octanol–water partition coefficient (Wildman–Crippen LogP) is 4.04. The van der Waals surface area contributed by atoms with Crippen LogP contribution < -0.4 is 16.2 Å². The van der Waals surface area contributed by atoms with E-state index in [0.29, 0.717) is 11.5 Å². The molecule has 2 unspecified atom stereocenters. The number of fused-ring (bicyclic) bond motifs is 1. The molecule has 0 fully saturated rings. The summed E-state index contributed by atoms with van der Waals surface area (Å²) in [7, 11) is 0. The minimum absolute atomic E-state index is 0.0711. The van der Waals surface area contributed by atoms with E-state index in [2.05, 4.69) is 17.6 Å². The second-order valence-corrected chi connectivity index (χ2v) is 8.48. The van der Waals surface area contributed by atoms with Crippen molar-refractivity contribution in [2.45, 2.75) is 45.2 Å². The molecule has 170 valence electrons. The summed E-state index contributed by atoms with van der Waals surface area (Å²) in [5, 5.41) is 5.34. The molecule has 0 spiro atoms. The predicted molar refractivity (Wildman–Crippen MR) is 125 cm³/mol. The molecule has 1 aliphatic rings. The van der Waals surface area contributed by atoms with E-state index in [9.17, 15) is 18.8 Å². The Morgan fingerprint density at radius 1 is 1.00 bits per heavy atom. The topological polar surface area (TPSA) is 80.2 Å². The summed E-state index contributed by atoms with van der Waals surface area (Å²) in [5.74, 6) is -1.85. The van der Waals surface area contributed by atoms with Crippen LogP contribution in [0.1, 0.15) is 54.0 Å². The van der Waals surface area contributed by atoms with Crippen molar-refractivity contribution in [1.29, 1.82) is 0 Å². The minimum atomic E-state index is -0.880. The molecule has 3 aromatic rings. The molecule has 0 aliphatic heterocycles. The minimum Gasteiger partial charge on any atom is -0.341 e. The third-order valence-corrected chi connectivity index (χ3v) is 6.21. The number of amides is 2. The average Bonchev–Trinajstić information content (AvgIpc) is 2.81. The smallest absolute Gasteiger partial charge is 0.313 e. The van der Waals surface area contributed by atoms with E-state index in [1.54, 1.807) is 25.3 Å². The van der Waals surface area contributed by atoms with Gasteiger partial charge in [-0.15, -0.1) is 0 Å². The van der Waals surface area contributed by atoms with Crippen molar-refractivity contribution >= 4 is 17.5 Å². The molecule has 1 aromatic heterocycles. The number of halogens is 1. The highest BCUT2D eigenvalue weighted by Crippen LogP contribution is 2.36. The first kappa shape index (κ1) is 22.5. The van der Waals surface area contributed by atoms with Crippen LogP contribution >= 0.6 is 0 Å². The number of carbonyl (C=O) groups excluding carboxylic acids is 2.